The van der Waals surface area contributed by atoms with E-state index < -0.39 is 119 Å². The van der Waals surface area contributed by atoms with Crippen molar-refractivity contribution in [3.05, 3.63) is 53.6 Å². The van der Waals surface area contributed by atoms with Crippen LogP contribution in [0.2, 0.25) is 0 Å². The third-order valence-corrected chi connectivity index (χ3v) is 14.3. The molecule has 4 amide bonds. The molecule has 1 unspecified atom stereocenters. The molecule has 1 aliphatic heterocycles. The summed E-state index contributed by atoms with van der Waals surface area (Å²) in [5.41, 5.74) is 0.130. The Morgan fingerprint density at radius 3 is 2.41 bits per heavy atom. The van der Waals surface area contributed by atoms with Gasteiger partial charge >= 0.3 is 12.1 Å². The van der Waals surface area contributed by atoms with Crippen molar-refractivity contribution in [1.82, 2.24) is 10.6 Å². The van der Waals surface area contributed by atoms with E-state index in [9.17, 15) is 33.9 Å². The van der Waals surface area contributed by atoms with E-state index >= 15 is 13.2 Å². The van der Waals surface area contributed by atoms with Gasteiger partial charge in [0.2, 0.25) is 5.91 Å². The first-order chi connectivity index (χ1) is 29.6. The number of nitrogens with two attached hydrogens (primary N) is 2. The number of hydrogen-bond acceptors (Lipinski definition) is 11. The SMILES string of the molecule is CCCC1O[C@@H]2C[C@@H]3[C@](C)(C[C@H](O)[C@]4(F)[C@@]5(C)C=CC(=O)C=C5[C@@H](F)C[C@@]34F)[C@]2(C(=O)CNC(=O)OCc2ccc(NC(=O)[C@H](CCCNC(N)=O)CC(=O)[C@@H](N)C(C)C)cc2)O1. The molecule has 15 nitrogen and oxygen atoms in total. The molecular weight excluding hydrogens is 828 g/mol. The van der Waals surface area contributed by atoms with Crippen LogP contribution in [0, 0.1) is 28.6 Å². The second-order valence-corrected chi connectivity index (χ2v) is 18.5. The molecule has 0 spiro atoms. The summed E-state index contributed by atoms with van der Waals surface area (Å²) < 4.78 is 69.8. The minimum absolute atomic E-state index is 0.0955. The summed E-state index contributed by atoms with van der Waals surface area (Å²) >= 11 is 0. The van der Waals surface area contributed by atoms with Gasteiger partial charge in [-0.05, 0) is 80.4 Å². The number of urea groups is 1. The van der Waals surface area contributed by atoms with Crippen LogP contribution in [-0.4, -0.2) is 101 Å². The number of ketones is 3. The number of hydrogen-bond donors (Lipinski definition) is 6. The molecule has 0 bridgehead atoms. The first-order valence-corrected chi connectivity index (χ1v) is 21.7. The quantitative estimate of drug-likeness (QED) is 0.117. The number of aliphatic hydroxyl groups excluding tert-OH is 1. The molecule has 4 aliphatic carbocycles. The van der Waals surface area contributed by atoms with Crippen LogP contribution in [0.25, 0.3) is 0 Å². The van der Waals surface area contributed by atoms with Crippen LogP contribution in [0.5, 0.6) is 0 Å². The van der Waals surface area contributed by atoms with Gasteiger partial charge in [0, 0.05) is 47.7 Å². The number of benzene rings is 1. The molecule has 1 saturated heterocycles. The van der Waals surface area contributed by atoms with E-state index in [0.29, 0.717) is 30.5 Å². The number of alkyl halides is 3. The topological polar surface area (TPSA) is 238 Å². The van der Waals surface area contributed by atoms with Crippen molar-refractivity contribution in [2.24, 2.45) is 40.1 Å². The Morgan fingerprint density at radius 1 is 1.06 bits per heavy atom. The molecule has 12 atom stereocenters. The van der Waals surface area contributed by atoms with E-state index in [4.69, 9.17) is 25.7 Å². The molecule has 0 radical (unpaired) electrons. The smallest absolute Gasteiger partial charge is 0.407 e. The van der Waals surface area contributed by atoms with E-state index in [2.05, 4.69) is 16.0 Å². The number of carbonyl (C=O) groups is 6. The Labute approximate surface area is 364 Å². The normalized spacial score (nSPS) is 35.0. The number of carbonyl (C=O) groups excluding carboxylic acids is 6. The van der Waals surface area contributed by atoms with Crippen molar-refractivity contribution in [1.29, 1.82) is 0 Å². The zero-order valence-corrected chi connectivity index (χ0v) is 36.3. The van der Waals surface area contributed by atoms with Crippen molar-refractivity contribution in [3.8, 4) is 0 Å². The molecule has 18 heteroatoms. The van der Waals surface area contributed by atoms with Crippen LogP contribution in [0.4, 0.5) is 28.4 Å². The lowest BCUT2D eigenvalue weighted by atomic mass is 9.43. The second kappa shape index (κ2) is 18.1. The molecule has 8 N–H and O–H groups in total. The highest BCUT2D eigenvalue weighted by Crippen LogP contribution is 2.74. The highest BCUT2D eigenvalue weighted by molar-refractivity contribution is 6.01. The molecule has 63 heavy (non-hydrogen) atoms. The average molecular weight is 888 g/mol. The largest absolute Gasteiger partial charge is 0.445 e. The number of primary amides is 1. The predicted octanol–water partition coefficient (Wildman–Crippen LogP) is 4.73. The highest BCUT2D eigenvalue weighted by atomic mass is 19.2. The summed E-state index contributed by atoms with van der Waals surface area (Å²) in [7, 11) is 0. The summed E-state index contributed by atoms with van der Waals surface area (Å²) in [6, 6.07) is 4.90. The van der Waals surface area contributed by atoms with Gasteiger partial charge < -0.3 is 46.7 Å². The van der Waals surface area contributed by atoms with Gasteiger partial charge in [-0.25, -0.2) is 22.8 Å². The van der Waals surface area contributed by atoms with E-state index in [0.717, 1.165) is 18.2 Å². The van der Waals surface area contributed by atoms with Gasteiger partial charge in [-0.1, -0.05) is 52.3 Å². The van der Waals surface area contributed by atoms with Crippen LogP contribution in [0.3, 0.4) is 0 Å². The number of rotatable bonds is 17. The molecular formula is C45H60F3N5O10. The fraction of sp³-hybridized carbons (Fsp3) is 0.644. The lowest BCUT2D eigenvalue weighted by Crippen LogP contribution is -2.77. The lowest BCUT2D eigenvalue weighted by molar-refractivity contribution is -0.276. The van der Waals surface area contributed by atoms with Crippen LogP contribution >= 0.6 is 0 Å². The lowest BCUT2D eigenvalue weighted by Gasteiger charge is -2.65. The van der Waals surface area contributed by atoms with Crippen molar-refractivity contribution in [3.63, 3.8) is 0 Å². The van der Waals surface area contributed by atoms with Crippen LogP contribution in [0.1, 0.15) is 91.5 Å². The summed E-state index contributed by atoms with van der Waals surface area (Å²) in [6.45, 7) is 7.61. The maximum atomic E-state index is 18.0. The van der Waals surface area contributed by atoms with Gasteiger partial charge in [0.25, 0.3) is 0 Å². The number of allylic oxidation sites excluding steroid dienone is 4. The predicted molar refractivity (Wildman–Crippen MR) is 223 cm³/mol. The summed E-state index contributed by atoms with van der Waals surface area (Å²) in [6.07, 6.45) is -4.14. The van der Waals surface area contributed by atoms with E-state index in [1.807, 2.05) is 20.8 Å². The number of ether oxygens (including phenoxy) is 3. The number of halogens is 3. The Kier molecular flexibility index (Phi) is 13.7. The van der Waals surface area contributed by atoms with Crippen molar-refractivity contribution >= 4 is 41.1 Å². The third-order valence-electron chi connectivity index (χ3n) is 14.3. The summed E-state index contributed by atoms with van der Waals surface area (Å²) in [5.74, 6) is -4.21. The molecule has 6 rings (SSSR count). The van der Waals surface area contributed by atoms with Gasteiger partial charge in [-0.3, -0.25) is 19.2 Å². The van der Waals surface area contributed by atoms with Crippen molar-refractivity contribution in [2.45, 2.75) is 140 Å². The second-order valence-electron chi connectivity index (χ2n) is 18.5. The first-order valence-electron chi connectivity index (χ1n) is 21.7. The Hall–Kier alpha value is -4.65. The highest BCUT2D eigenvalue weighted by Gasteiger charge is 2.85. The minimum Gasteiger partial charge on any atom is -0.445 e. The maximum absolute atomic E-state index is 18.0. The van der Waals surface area contributed by atoms with Crippen LogP contribution in [0.15, 0.2) is 48.1 Å². The molecule has 0 aromatic heterocycles. The number of anilines is 1. The number of amides is 4. The molecule has 1 heterocycles. The van der Waals surface area contributed by atoms with E-state index in [-0.39, 0.29) is 49.7 Å². The molecule has 4 fully saturated rings. The molecule has 5 aliphatic rings. The number of alkyl carbamates (subject to hydrolysis) is 1. The fourth-order valence-corrected chi connectivity index (χ4v) is 11.0. The zero-order valence-electron chi connectivity index (χ0n) is 36.3. The first kappa shape index (κ1) is 47.8. The molecule has 1 aromatic rings. The summed E-state index contributed by atoms with van der Waals surface area (Å²) in [4.78, 5) is 76.9. The van der Waals surface area contributed by atoms with Crippen LogP contribution in [-0.2, 0) is 40.0 Å². The third kappa shape index (κ3) is 8.32. The number of nitrogens with one attached hydrogen (secondary N) is 3. The maximum Gasteiger partial charge on any atom is 0.407 e. The zero-order chi connectivity index (χ0) is 46.3. The molecule has 3 saturated carbocycles. The standard InChI is InChI=1S/C45H60F3N5O10/c1-6-8-36-62-35-19-32-42(5,21-33(56)45(48)41(4)15-14-28(54)18-29(41)30(46)20-43(32,45)47)44(35,63-36)34(57)22-52-40(60)61-23-25-10-12-27(13-11-25)53-38(58)26(9-7-16-51-39(50)59)17-31(55)37(49)24(2)3/h10-15,18,24,26,30,32-33,35-37,56H,6-9,16-17,19-23,49H2,1-5H3,(H,52,60)(H,53,58)(H3,50,51,59)/t26-,30+,32-,33+,35-,36?,37+,41+,42+,43-,44-,45+/m1/s1. The number of aliphatic hydroxyl groups is 1. The van der Waals surface area contributed by atoms with Crippen molar-refractivity contribution in [2.75, 3.05) is 18.4 Å². The molecule has 346 valence electrons. The Bertz CT molecular complexity index is 2040. The minimum atomic E-state index is -3.08. The average Bonchev–Trinajstić information content (AvgIpc) is 3.72. The van der Waals surface area contributed by atoms with Gasteiger partial charge in [-0.15, -0.1) is 0 Å². The monoisotopic (exact) mass is 887 g/mol. The Balaban J connectivity index is 1.11. The molecule has 1 aromatic carbocycles. The van der Waals surface area contributed by atoms with Crippen LogP contribution < -0.4 is 27.4 Å². The van der Waals surface area contributed by atoms with E-state index in [1.54, 1.807) is 24.3 Å². The van der Waals surface area contributed by atoms with Gasteiger partial charge in [-0.2, -0.15) is 0 Å². The van der Waals surface area contributed by atoms with Crippen molar-refractivity contribution < 1.29 is 61.3 Å². The summed E-state index contributed by atoms with van der Waals surface area (Å²) in [5, 5.41) is 19.4. The van der Waals surface area contributed by atoms with E-state index in [1.165, 1.54) is 13.8 Å². The Morgan fingerprint density at radius 2 is 1.76 bits per heavy atom. The number of fused-ring (bicyclic) bond motifs is 7. The van der Waals surface area contributed by atoms with Gasteiger partial charge in [0.15, 0.2) is 40.6 Å². The fourth-order valence-electron chi connectivity index (χ4n) is 11.0. The van der Waals surface area contributed by atoms with Gasteiger partial charge in [0.1, 0.15) is 12.8 Å². The number of Topliss-reactive ketones (excluding diaryl/α,β-unsaturated/α-hetero) is 2. The van der Waals surface area contributed by atoms with Gasteiger partial charge in [0.05, 0.1) is 24.8 Å².